The topological polar surface area (TPSA) is 31.0 Å². The van der Waals surface area contributed by atoms with Gasteiger partial charge in [0, 0.05) is 0 Å². The summed E-state index contributed by atoms with van der Waals surface area (Å²) in [6.45, 7) is 8.31. The van der Waals surface area contributed by atoms with E-state index in [0.29, 0.717) is 19.3 Å². The highest BCUT2D eigenvalue weighted by atomic mass is 16.6. The van der Waals surface area contributed by atoms with Crippen LogP contribution in [0.1, 0.15) is 20.8 Å². The molecule has 0 amide bonds. The number of epoxide rings is 1. The number of ether oxygens (including phenoxy) is 3. The van der Waals surface area contributed by atoms with Crippen LogP contribution in [0.25, 0.3) is 0 Å². The van der Waals surface area contributed by atoms with Gasteiger partial charge in [-0.25, -0.2) is 0 Å². The molecule has 72 valence electrons. The summed E-state index contributed by atoms with van der Waals surface area (Å²) in [4.78, 5) is 0. The van der Waals surface area contributed by atoms with Gasteiger partial charge in [0.25, 0.3) is 0 Å². The summed E-state index contributed by atoms with van der Waals surface area (Å²) in [7, 11) is 0. The molecule has 3 heteroatoms. The first-order valence-corrected chi connectivity index (χ1v) is 4.53. The minimum Gasteiger partial charge on any atom is -0.376 e. The van der Waals surface area contributed by atoms with E-state index in [9.17, 15) is 0 Å². The van der Waals surface area contributed by atoms with Crippen LogP contribution in [0.4, 0.5) is 0 Å². The highest BCUT2D eigenvalue weighted by Gasteiger charge is 2.23. The predicted octanol–water partition coefficient (Wildman–Crippen LogP) is 1.22. The second-order valence-electron chi connectivity index (χ2n) is 3.48. The molecule has 3 nitrogen and oxygen atoms in total. The standard InChI is InChI=1S/C9H18O3/c1-7(2)10-4-8(3)11-5-9-6-12-9/h7-9H,4-6H2,1-3H3. The van der Waals surface area contributed by atoms with Crippen molar-refractivity contribution in [2.45, 2.75) is 39.1 Å². The molecule has 0 aromatic carbocycles. The molecular weight excluding hydrogens is 156 g/mol. The highest BCUT2D eigenvalue weighted by Crippen LogP contribution is 2.09. The molecule has 0 bridgehead atoms. The third-order valence-electron chi connectivity index (χ3n) is 1.63. The van der Waals surface area contributed by atoms with E-state index >= 15 is 0 Å². The molecule has 0 aromatic heterocycles. The molecule has 1 rings (SSSR count). The van der Waals surface area contributed by atoms with E-state index in [1.165, 1.54) is 0 Å². The second kappa shape index (κ2) is 4.80. The zero-order chi connectivity index (χ0) is 8.97. The fourth-order valence-electron chi connectivity index (χ4n) is 0.812. The Kier molecular flexibility index (Phi) is 3.98. The molecule has 1 saturated heterocycles. The van der Waals surface area contributed by atoms with Crippen molar-refractivity contribution in [1.29, 1.82) is 0 Å². The van der Waals surface area contributed by atoms with Crippen LogP contribution in [0.3, 0.4) is 0 Å². The van der Waals surface area contributed by atoms with E-state index in [4.69, 9.17) is 14.2 Å². The molecule has 12 heavy (non-hydrogen) atoms. The van der Waals surface area contributed by atoms with Crippen molar-refractivity contribution in [3.8, 4) is 0 Å². The van der Waals surface area contributed by atoms with Crippen LogP contribution >= 0.6 is 0 Å². The molecular formula is C9H18O3. The summed E-state index contributed by atoms with van der Waals surface area (Å²) in [6.07, 6.45) is 0.816. The lowest BCUT2D eigenvalue weighted by molar-refractivity contribution is -0.0300. The Bertz CT molecular complexity index is 115. The Hall–Kier alpha value is -0.120. The molecule has 2 unspecified atom stereocenters. The maximum absolute atomic E-state index is 5.47. The fourth-order valence-corrected chi connectivity index (χ4v) is 0.812. The lowest BCUT2D eigenvalue weighted by Crippen LogP contribution is -2.20. The molecule has 1 aliphatic rings. The Balaban J connectivity index is 1.91. The van der Waals surface area contributed by atoms with Gasteiger partial charge in [-0.2, -0.15) is 0 Å². The molecule has 2 atom stereocenters. The lowest BCUT2D eigenvalue weighted by atomic mass is 10.4. The SMILES string of the molecule is CC(C)OCC(C)OCC1CO1. The molecule has 0 spiro atoms. The van der Waals surface area contributed by atoms with Gasteiger partial charge in [0.1, 0.15) is 6.10 Å². The van der Waals surface area contributed by atoms with Crippen molar-refractivity contribution >= 4 is 0 Å². The van der Waals surface area contributed by atoms with Gasteiger partial charge in [0.15, 0.2) is 0 Å². The smallest absolute Gasteiger partial charge is 0.104 e. The van der Waals surface area contributed by atoms with Crippen molar-refractivity contribution < 1.29 is 14.2 Å². The molecule has 1 aliphatic heterocycles. The third kappa shape index (κ3) is 4.70. The van der Waals surface area contributed by atoms with Gasteiger partial charge < -0.3 is 14.2 Å². The van der Waals surface area contributed by atoms with Crippen LogP contribution in [-0.4, -0.2) is 38.1 Å². The number of rotatable bonds is 6. The summed E-state index contributed by atoms with van der Waals surface area (Å²) in [5.74, 6) is 0. The molecule has 1 heterocycles. The van der Waals surface area contributed by atoms with Gasteiger partial charge in [0.2, 0.25) is 0 Å². The fraction of sp³-hybridized carbons (Fsp3) is 1.00. The van der Waals surface area contributed by atoms with Crippen molar-refractivity contribution in [3.05, 3.63) is 0 Å². The van der Waals surface area contributed by atoms with E-state index in [0.717, 1.165) is 6.61 Å². The Labute approximate surface area is 74.0 Å². The average Bonchev–Trinajstić information content (AvgIpc) is 2.80. The monoisotopic (exact) mass is 174 g/mol. The minimum absolute atomic E-state index is 0.177. The highest BCUT2D eigenvalue weighted by molar-refractivity contribution is 4.68. The van der Waals surface area contributed by atoms with Gasteiger partial charge >= 0.3 is 0 Å². The van der Waals surface area contributed by atoms with E-state index in [1.807, 2.05) is 20.8 Å². The molecule has 0 N–H and O–H groups in total. The normalized spacial score (nSPS) is 24.5. The maximum atomic E-state index is 5.47. The van der Waals surface area contributed by atoms with Crippen LogP contribution in [0.2, 0.25) is 0 Å². The first kappa shape index (κ1) is 9.96. The molecule has 1 fully saturated rings. The lowest BCUT2D eigenvalue weighted by Gasteiger charge is -2.14. The van der Waals surface area contributed by atoms with E-state index in [2.05, 4.69) is 0 Å². The van der Waals surface area contributed by atoms with Gasteiger partial charge in [-0.3, -0.25) is 0 Å². The first-order chi connectivity index (χ1) is 5.68. The summed E-state index contributed by atoms with van der Waals surface area (Å²) < 4.78 is 15.9. The van der Waals surface area contributed by atoms with Crippen LogP contribution in [0, 0.1) is 0 Å². The van der Waals surface area contributed by atoms with Crippen molar-refractivity contribution in [2.24, 2.45) is 0 Å². The van der Waals surface area contributed by atoms with Crippen molar-refractivity contribution in [1.82, 2.24) is 0 Å². The largest absolute Gasteiger partial charge is 0.376 e. The second-order valence-corrected chi connectivity index (χ2v) is 3.48. The van der Waals surface area contributed by atoms with Crippen molar-refractivity contribution in [2.75, 3.05) is 19.8 Å². The number of hydrogen-bond acceptors (Lipinski definition) is 3. The Morgan fingerprint density at radius 3 is 2.50 bits per heavy atom. The zero-order valence-corrected chi connectivity index (χ0v) is 8.08. The van der Waals surface area contributed by atoms with Gasteiger partial charge in [-0.1, -0.05) is 0 Å². The van der Waals surface area contributed by atoms with Gasteiger partial charge in [-0.15, -0.1) is 0 Å². The van der Waals surface area contributed by atoms with Crippen LogP contribution < -0.4 is 0 Å². The Morgan fingerprint density at radius 1 is 1.33 bits per heavy atom. The van der Waals surface area contributed by atoms with Gasteiger partial charge in [-0.05, 0) is 20.8 Å². The summed E-state index contributed by atoms with van der Waals surface area (Å²) in [5, 5.41) is 0. The van der Waals surface area contributed by atoms with E-state index in [-0.39, 0.29) is 12.2 Å². The maximum Gasteiger partial charge on any atom is 0.104 e. The van der Waals surface area contributed by atoms with Crippen LogP contribution in [-0.2, 0) is 14.2 Å². The first-order valence-electron chi connectivity index (χ1n) is 4.53. The van der Waals surface area contributed by atoms with E-state index in [1.54, 1.807) is 0 Å². The summed E-state index contributed by atoms with van der Waals surface area (Å²) in [5.41, 5.74) is 0. The van der Waals surface area contributed by atoms with Crippen molar-refractivity contribution in [3.63, 3.8) is 0 Å². The Morgan fingerprint density at radius 2 is 2.00 bits per heavy atom. The molecule has 0 aromatic rings. The third-order valence-corrected chi connectivity index (χ3v) is 1.63. The minimum atomic E-state index is 0.177. The summed E-state index contributed by atoms with van der Waals surface area (Å²) in [6, 6.07) is 0. The quantitative estimate of drug-likeness (QED) is 0.567. The van der Waals surface area contributed by atoms with E-state index < -0.39 is 0 Å². The molecule has 0 aliphatic carbocycles. The number of hydrogen-bond donors (Lipinski definition) is 0. The molecule has 0 radical (unpaired) electrons. The predicted molar refractivity (Wildman–Crippen MR) is 46.2 cm³/mol. The van der Waals surface area contributed by atoms with Crippen LogP contribution in [0.15, 0.2) is 0 Å². The average molecular weight is 174 g/mol. The molecule has 0 saturated carbocycles. The van der Waals surface area contributed by atoms with Gasteiger partial charge in [0.05, 0.1) is 32.0 Å². The van der Waals surface area contributed by atoms with Crippen LogP contribution in [0.5, 0.6) is 0 Å². The zero-order valence-electron chi connectivity index (χ0n) is 8.08. The summed E-state index contributed by atoms with van der Waals surface area (Å²) >= 11 is 0.